The highest BCUT2D eigenvalue weighted by Crippen LogP contribution is 2.40. The van der Waals surface area contributed by atoms with Gasteiger partial charge in [-0.3, -0.25) is 4.98 Å². The molecule has 0 aliphatic heterocycles. The summed E-state index contributed by atoms with van der Waals surface area (Å²) in [6.45, 7) is 0. The largest absolute Gasteiger partial charge is 0.455 e. The van der Waals surface area contributed by atoms with Crippen molar-refractivity contribution < 1.29 is 4.42 Å². The van der Waals surface area contributed by atoms with Gasteiger partial charge < -0.3 is 4.42 Å². The van der Waals surface area contributed by atoms with E-state index >= 15 is 0 Å². The Labute approximate surface area is 224 Å². The van der Waals surface area contributed by atoms with Crippen LogP contribution < -0.4 is 0 Å². The Bertz CT molecular complexity index is 2160. The van der Waals surface area contributed by atoms with E-state index in [4.69, 9.17) is 14.4 Å². The molecule has 4 nitrogen and oxygen atoms in total. The fourth-order valence-electron chi connectivity index (χ4n) is 5.49. The zero-order valence-electron chi connectivity index (χ0n) is 20.9. The third-order valence-electron chi connectivity index (χ3n) is 7.34. The lowest BCUT2D eigenvalue weighted by Crippen LogP contribution is -1.92. The molecule has 4 heterocycles. The second-order valence-electron chi connectivity index (χ2n) is 9.64. The lowest BCUT2D eigenvalue weighted by molar-refractivity contribution is 0.673. The van der Waals surface area contributed by atoms with Crippen LogP contribution >= 0.6 is 0 Å². The van der Waals surface area contributed by atoms with Crippen LogP contribution in [-0.2, 0) is 0 Å². The first-order chi connectivity index (χ1) is 19.3. The van der Waals surface area contributed by atoms with E-state index in [0.717, 1.165) is 77.5 Å². The second-order valence-corrected chi connectivity index (χ2v) is 9.64. The van der Waals surface area contributed by atoms with Crippen molar-refractivity contribution in [1.82, 2.24) is 15.0 Å². The molecule has 39 heavy (non-hydrogen) atoms. The fraction of sp³-hybridized carbons (Fsp3) is 0. The quantitative estimate of drug-likeness (QED) is 0.228. The van der Waals surface area contributed by atoms with Crippen LogP contribution in [0.15, 0.2) is 132 Å². The summed E-state index contributed by atoms with van der Waals surface area (Å²) in [4.78, 5) is 14.4. The van der Waals surface area contributed by atoms with Gasteiger partial charge in [-0.1, -0.05) is 78.9 Å². The van der Waals surface area contributed by atoms with Gasteiger partial charge in [0.1, 0.15) is 11.2 Å². The van der Waals surface area contributed by atoms with Crippen molar-refractivity contribution in [3.05, 3.63) is 128 Å². The summed E-state index contributed by atoms with van der Waals surface area (Å²) < 4.78 is 6.45. The summed E-state index contributed by atoms with van der Waals surface area (Å²) in [7, 11) is 0. The van der Waals surface area contributed by atoms with Gasteiger partial charge in [0.15, 0.2) is 0 Å². The van der Waals surface area contributed by atoms with Crippen molar-refractivity contribution in [1.29, 1.82) is 0 Å². The van der Waals surface area contributed by atoms with Crippen LogP contribution in [0.3, 0.4) is 0 Å². The lowest BCUT2D eigenvalue weighted by atomic mass is 9.97. The smallest absolute Gasteiger partial charge is 0.144 e. The van der Waals surface area contributed by atoms with Gasteiger partial charge in [0.2, 0.25) is 0 Å². The zero-order valence-corrected chi connectivity index (χ0v) is 20.9. The molecule has 0 fully saturated rings. The Hall–Kier alpha value is -5.35. The van der Waals surface area contributed by atoms with E-state index in [2.05, 4.69) is 71.7 Å². The highest BCUT2D eigenvalue weighted by molar-refractivity contribution is 6.24. The molecule has 8 aromatic rings. The van der Waals surface area contributed by atoms with Gasteiger partial charge in [-0.2, -0.15) is 0 Å². The van der Waals surface area contributed by atoms with Crippen molar-refractivity contribution in [2.75, 3.05) is 0 Å². The molecule has 0 spiro atoms. The van der Waals surface area contributed by atoms with E-state index in [-0.39, 0.29) is 0 Å². The molecule has 0 saturated heterocycles. The zero-order chi connectivity index (χ0) is 25.8. The highest BCUT2D eigenvalue weighted by atomic mass is 16.3. The predicted octanol–water partition coefficient (Wildman–Crippen LogP) is 9.08. The van der Waals surface area contributed by atoms with E-state index in [1.807, 2.05) is 54.6 Å². The van der Waals surface area contributed by atoms with E-state index in [9.17, 15) is 0 Å². The summed E-state index contributed by atoms with van der Waals surface area (Å²) >= 11 is 0. The molecule has 8 rings (SSSR count). The SMILES string of the molecule is c1ccc(-c2cccc(-c3ccc(-c4nc5ccccc5c5c4ccc4c6ccccc6oc45)cc3)n2)nc1. The van der Waals surface area contributed by atoms with E-state index in [0.29, 0.717) is 0 Å². The number of furan rings is 1. The topological polar surface area (TPSA) is 51.8 Å². The Balaban J connectivity index is 1.30. The maximum absolute atomic E-state index is 6.45. The maximum Gasteiger partial charge on any atom is 0.144 e. The fourth-order valence-corrected chi connectivity index (χ4v) is 5.49. The molecule has 0 bridgehead atoms. The number of pyridine rings is 3. The van der Waals surface area contributed by atoms with Gasteiger partial charge in [-0.25, -0.2) is 9.97 Å². The average molecular weight is 500 g/mol. The van der Waals surface area contributed by atoms with Crippen LogP contribution in [0.5, 0.6) is 0 Å². The summed E-state index contributed by atoms with van der Waals surface area (Å²) in [6.07, 6.45) is 1.79. The minimum absolute atomic E-state index is 0.856. The van der Waals surface area contributed by atoms with Crippen LogP contribution in [-0.4, -0.2) is 15.0 Å². The van der Waals surface area contributed by atoms with Crippen LogP contribution in [0.2, 0.25) is 0 Å². The normalized spacial score (nSPS) is 11.6. The van der Waals surface area contributed by atoms with Crippen molar-refractivity contribution in [3.8, 4) is 33.9 Å². The van der Waals surface area contributed by atoms with Crippen molar-refractivity contribution >= 4 is 43.6 Å². The first-order valence-corrected chi connectivity index (χ1v) is 13.0. The van der Waals surface area contributed by atoms with E-state index < -0.39 is 0 Å². The summed E-state index contributed by atoms with van der Waals surface area (Å²) in [6, 6.07) is 41.2. The summed E-state index contributed by atoms with van der Waals surface area (Å²) in [5, 5.41) is 5.51. The van der Waals surface area contributed by atoms with Crippen LogP contribution in [0.4, 0.5) is 0 Å². The molecule has 0 saturated carbocycles. The number of aromatic nitrogens is 3. The minimum atomic E-state index is 0.856. The molecule has 0 aliphatic carbocycles. The standard InChI is InChI=1S/C35H21N3O/c1-3-10-29-26(9-1)33-27(20-19-25-24-8-2-4-14-32(24)39-35(25)33)34(38-29)23-17-15-22(16-18-23)28-12-7-13-31(37-28)30-11-5-6-21-36-30/h1-21H. The van der Waals surface area contributed by atoms with Crippen molar-refractivity contribution in [2.24, 2.45) is 0 Å². The summed E-state index contributed by atoms with van der Waals surface area (Å²) in [5.41, 5.74) is 8.40. The number of rotatable bonds is 3. The Morgan fingerprint density at radius 1 is 0.462 bits per heavy atom. The van der Waals surface area contributed by atoms with Crippen LogP contribution in [0.1, 0.15) is 0 Å². The van der Waals surface area contributed by atoms with Gasteiger partial charge in [0.05, 0.1) is 28.3 Å². The molecular formula is C35H21N3O. The van der Waals surface area contributed by atoms with Crippen molar-refractivity contribution in [3.63, 3.8) is 0 Å². The molecule has 0 aliphatic rings. The number of para-hydroxylation sites is 2. The van der Waals surface area contributed by atoms with Gasteiger partial charge in [0.25, 0.3) is 0 Å². The molecule has 4 heteroatoms. The molecule has 0 amide bonds. The maximum atomic E-state index is 6.45. The highest BCUT2D eigenvalue weighted by Gasteiger charge is 2.17. The molecule has 182 valence electrons. The van der Waals surface area contributed by atoms with E-state index in [1.165, 1.54) is 0 Å². The van der Waals surface area contributed by atoms with Crippen LogP contribution in [0, 0.1) is 0 Å². The molecule has 0 atom stereocenters. The Kier molecular flexibility index (Phi) is 4.79. The summed E-state index contributed by atoms with van der Waals surface area (Å²) in [5.74, 6) is 0. The monoisotopic (exact) mass is 499 g/mol. The number of benzene rings is 4. The molecule has 0 radical (unpaired) electrons. The van der Waals surface area contributed by atoms with E-state index in [1.54, 1.807) is 6.20 Å². The number of nitrogens with zero attached hydrogens (tertiary/aromatic N) is 3. The molecule has 4 aromatic carbocycles. The number of hydrogen-bond acceptors (Lipinski definition) is 4. The Morgan fingerprint density at radius 2 is 1.18 bits per heavy atom. The predicted molar refractivity (Wildman–Crippen MR) is 158 cm³/mol. The molecular weight excluding hydrogens is 478 g/mol. The first kappa shape index (κ1) is 21.7. The minimum Gasteiger partial charge on any atom is -0.455 e. The Morgan fingerprint density at radius 3 is 2.05 bits per heavy atom. The van der Waals surface area contributed by atoms with Crippen molar-refractivity contribution in [2.45, 2.75) is 0 Å². The lowest BCUT2D eigenvalue weighted by Gasteiger charge is -2.11. The third-order valence-corrected chi connectivity index (χ3v) is 7.34. The van der Waals surface area contributed by atoms with Gasteiger partial charge >= 0.3 is 0 Å². The van der Waals surface area contributed by atoms with Gasteiger partial charge in [0, 0.05) is 44.3 Å². The molecule has 0 N–H and O–H groups in total. The third kappa shape index (κ3) is 3.50. The number of fused-ring (bicyclic) bond motifs is 7. The van der Waals surface area contributed by atoms with Crippen LogP contribution in [0.25, 0.3) is 77.5 Å². The first-order valence-electron chi connectivity index (χ1n) is 13.0. The molecule has 4 aromatic heterocycles. The molecule has 0 unspecified atom stereocenters. The second kappa shape index (κ2) is 8.61. The number of hydrogen-bond donors (Lipinski definition) is 0. The average Bonchev–Trinajstić information content (AvgIpc) is 3.40. The van der Waals surface area contributed by atoms with Gasteiger partial charge in [-0.05, 0) is 42.5 Å². The van der Waals surface area contributed by atoms with Gasteiger partial charge in [-0.15, -0.1) is 0 Å².